The maximum Gasteiger partial charge on any atom is 0.186 e. The fourth-order valence-electron chi connectivity index (χ4n) is 3.06. The van der Waals surface area contributed by atoms with Crippen LogP contribution in [0.15, 0.2) is 76.7 Å². The van der Waals surface area contributed by atoms with E-state index in [1.807, 2.05) is 31.2 Å². The largest absolute Gasteiger partial charge is 0.504 e. The molecule has 0 aliphatic rings. The first-order valence-electron chi connectivity index (χ1n) is 11.6. The predicted octanol–water partition coefficient (Wildman–Crippen LogP) is 1.67. The Hall–Kier alpha value is -4.28. The van der Waals surface area contributed by atoms with Gasteiger partial charge in [0, 0.05) is 13.1 Å². The molecule has 0 aliphatic carbocycles. The van der Waals surface area contributed by atoms with Crippen LogP contribution in [-0.4, -0.2) is 40.3 Å². The third-order valence-corrected chi connectivity index (χ3v) is 4.91. The monoisotopic (exact) mass is 509 g/mol. The van der Waals surface area contributed by atoms with Gasteiger partial charge in [0.25, 0.3) is 0 Å². The van der Waals surface area contributed by atoms with Gasteiger partial charge in [0.2, 0.25) is 0 Å². The average molecular weight is 510 g/mol. The van der Waals surface area contributed by atoms with E-state index in [0.717, 1.165) is 12.0 Å². The fourth-order valence-corrected chi connectivity index (χ4v) is 3.06. The van der Waals surface area contributed by atoms with Crippen molar-refractivity contribution in [2.24, 2.45) is 38.7 Å². The van der Waals surface area contributed by atoms with E-state index in [9.17, 15) is 5.11 Å². The SMILES string of the molecule is Cc1cccc(CCN=C(N)N)c1.Cc1cccc(CN=C(N)N)c1.NC[C@H](O)c1ccc(O)c(O)c1. The van der Waals surface area contributed by atoms with Crippen molar-refractivity contribution < 1.29 is 15.3 Å². The molecule has 0 radical (unpaired) electrons. The molecule has 0 saturated carbocycles. The molecule has 0 aromatic heterocycles. The van der Waals surface area contributed by atoms with E-state index in [1.165, 1.54) is 34.9 Å². The molecule has 0 bridgehead atoms. The van der Waals surface area contributed by atoms with Gasteiger partial charge in [-0.2, -0.15) is 0 Å². The summed E-state index contributed by atoms with van der Waals surface area (Å²) in [6.45, 7) is 5.42. The Bertz CT molecular complexity index is 1160. The summed E-state index contributed by atoms with van der Waals surface area (Å²) in [4.78, 5) is 7.83. The molecule has 13 N–H and O–H groups in total. The number of aliphatic hydroxyl groups excluding tert-OH is 1. The zero-order chi connectivity index (χ0) is 27.8. The smallest absolute Gasteiger partial charge is 0.186 e. The lowest BCUT2D eigenvalue weighted by Crippen LogP contribution is -2.23. The second-order valence-corrected chi connectivity index (χ2v) is 8.28. The van der Waals surface area contributed by atoms with Crippen LogP contribution in [-0.2, 0) is 13.0 Å². The molecular formula is C27H39N7O3. The van der Waals surface area contributed by atoms with Crippen molar-refractivity contribution in [2.45, 2.75) is 32.9 Å². The van der Waals surface area contributed by atoms with Crippen LogP contribution >= 0.6 is 0 Å². The third-order valence-electron chi connectivity index (χ3n) is 4.91. The number of rotatable bonds is 7. The van der Waals surface area contributed by atoms with Gasteiger partial charge >= 0.3 is 0 Å². The lowest BCUT2D eigenvalue weighted by molar-refractivity contribution is 0.186. The first-order valence-corrected chi connectivity index (χ1v) is 11.6. The van der Waals surface area contributed by atoms with Crippen LogP contribution < -0.4 is 28.7 Å². The first-order chi connectivity index (χ1) is 17.5. The topological polar surface area (TPSA) is 216 Å². The van der Waals surface area contributed by atoms with Crippen LogP contribution in [0.4, 0.5) is 0 Å². The molecule has 0 heterocycles. The number of aromatic hydroxyl groups is 2. The number of phenols is 2. The lowest BCUT2D eigenvalue weighted by Gasteiger charge is -2.08. The van der Waals surface area contributed by atoms with Crippen LogP contribution in [0, 0.1) is 13.8 Å². The molecule has 3 aromatic carbocycles. The zero-order valence-electron chi connectivity index (χ0n) is 21.4. The number of guanidine groups is 2. The summed E-state index contributed by atoms with van der Waals surface area (Å²) in [7, 11) is 0. The molecule has 1 atom stereocenters. The van der Waals surface area contributed by atoms with Crippen molar-refractivity contribution in [3.8, 4) is 11.5 Å². The van der Waals surface area contributed by atoms with E-state index in [2.05, 4.69) is 41.2 Å². The Balaban J connectivity index is 0.000000278. The summed E-state index contributed by atoms with van der Waals surface area (Å²) in [5.74, 6) is -0.160. The van der Waals surface area contributed by atoms with Crippen LogP contribution in [0.3, 0.4) is 0 Å². The van der Waals surface area contributed by atoms with Gasteiger partial charge in [-0.05, 0) is 49.1 Å². The van der Waals surface area contributed by atoms with Gasteiger partial charge < -0.3 is 44.0 Å². The van der Waals surface area contributed by atoms with Gasteiger partial charge in [-0.1, -0.05) is 65.7 Å². The van der Waals surface area contributed by atoms with Crippen molar-refractivity contribution in [3.05, 3.63) is 94.5 Å². The summed E-state index contributed by atoms with van der Waals surface area (Å²) in [6.07, 6.45) is 0.0936. The highest BCUT2D eigenvalue weighted by atomic mass is 16.3. The fraction of sp³-hybridized carbons (Fsp3) is 0.259. The molecule has 200 valence electrons. The minimum atomic E-state index is -0.795. The Morgan fingerprint density at radius 2 is 1.32 bits per heavy atom. The second-order valence-electron chi connectivity index (χ2n) is 8.28. The lowest BCUT2D eigenvalue weighted by atomic mass is 10.1. The highest BCUT2D eigenvalue weighted by Gasteiger charge is 2.07. The summed E-state index contributed by atoms with van der Waals surface area (Å²) < 4.78 is 0. The number of hydrogen-bond donors (Lipinski definition) is 8. The van der Waals surface area contributed by atoms with Gasteiger partial charge in [-0.25, -0.2) is 4.99 Å². The molecule has 37 heavy (non-hydrogen) atoms. The molecule has 3 rings (SSSR count). The number of nitrogens with zero attached hydrogens (tertiary/aromatic N) is 2. The van der Waals surface area contributed by atoms with E-state index in [4.69, 9.17) is 38.9 Å². The van der Waals surface area contributed by atoms with Gasteiger partial charge in [0.05, 0.1) is 12.6 Å². The minimum Gasteiger partial charge on any atom is -0.504 e. The van der Waals surface area contributed by atoms with Crippen molar-refractivity contribution >= 4 is 11.9 Å². The summed E-state index contributed by atoms with van der Waals surface area (Å²) in [5, 5.41) is 27.2. The predicted molar refractivity (Wildman–Crippen MR) is 150 cm³/mol. The number of phenolic OH excluding ortho intramolecular Hbond substituents is 2. The highest BCUT2D eigenvalue weighted by molar-refractivity contribution is 5.75. The molecule has 0 fully saturated rings. The summed E-state index contributed by atoms with van der Waals surface area (Å²) in [5.41, 5.74) is 31.4. The molecule has 10 nitrogen and oxygen atoms in total. The van der Waals surface area contributed by atoms with Crippen molar-refractivity contribution in [1.29, 1.82) is 0 Å². The Labute approximate surface area is 218 Å². The number of benzene rings is 3. The maximum absolute atomic E-state index is 9.23. The van der Waals surface area contributed by atoms with E-state index in [0.29, 0.717) is 18.7 Å². The number of aliphatic imine (C=N–C) groups is 2. The number of hydrogen-bond acceptors (Lipinski definition) is 6. The van der Waals surface area contributed by atoms with Crippen molar-refractivity contribution in [3.63, 3.8) is 0 Å². The Kier molecular flexibility index (Phi) is 13.6. The van der Waals surface area contributed by atoms with Crippen molar-refractivity contribution in [1.82, 2.24) is 0 Å². The zero-order valence-corrected chi connectivity index (χ0v) is 21.4. The maximum atomic E-state index is 9.23. The quantitative estimate of drug-likeness (QED) is 0.133. The van der Waals surface area contributed by atoms with Gasteiger partial charge in [0.15, 0.2) is 23.4 Å². The van der Waals surface area contributed by atoms with Crippen LogP contribution in [0.1, 0.15) is 33.9 Å². The molecular weight excluding hydrogens is 470 g/mol. The number of nitrogens with two attached hydrogens (primary N) is 5. The number of aliphatic hydroxyl groups is 1. The van der Waals surface area contributed by atoms with Crippen LogP contribution in [0.2, 0.25) is 0 Å². The summed E-state index contributed by atoms with van der Waals surface area (Å²) in [6, 6.07) is 20.5. The van der Waals surface area contributed by atoms with Crippen LogP contribution in [0.25, 0.3) is 0 Å². The first kappa shape index (κ1) is 30.8. The van der Waals surface area contributed by atoms with Gasteiger partial charge in [-0.3, -0.25) is 4.99 Å². The third kappa shape index (κ3) is 13.4. The van der Waals surface area contributed by atoms with Crippen LogP contribution in [0.5, 0.6) is 11.5 Å². The molecule has 3 aromatic rings. The molecule has 10 heteroatoms. The summed E-state index contributed by atoms with van der Waals surface area (Å²) >= 11 is 0. The minimum absolute atomic E-state index is 0.0875. The standard InChI is InChI=1S/C10H15N3.C9H13N3.C8H11NO3/c1-8-3-2-4-9(7-8)5-6-13-10(11)12;1-7-3-2-4-8(5-7)6-12-9(10)11;9-4-8(12)5-1-2-6(10)7(11)3-5/h2-4,7H,5-6H2,1H3,(H4,11,12,13);2-5H,6H2,1H3,(H4,10,11,12);1-3,8,10-12H,4,9H2/t;;8-/m..0/s1. The van der Waals surface area contributed by atoms with Crippen molar-refractivity contribution in [2.75, 3.05) is 13.1 Å². The van der Waals surface area contributed by atoms with E-state index in [1.54, 1.807) is 0 Å². The van der Waals surface area contributed by atoms with E-state index in [-0.39, 0.29) is 30.0 Å². The molecule has 0 unspecified atom stereocenters. The molecule has 0 aliphatic heterocycles. The van der Waals surface area contributed by atoms with E-state index >= 15 is 0 Å². The molecule has 0 saturated heterocycles. The van der Waals surface area contributed by atoms with Gasteiger partial charge in [-0.15, -0.1) is 0 Å². The molecule has 0 amide bonds. The van der Waals surface area contributed by atoms with E-state index < -0.39 is 6.10 Å². The highest BCUT2D eigenvalue weighted by Crippen LogP contribution is 2.27. The molecule has 0 spiro atoms. The van der Waals surface area contributed by atoms with Gasteiger partial charge in [0.1, 0.15) is 0 Å². The average Bonchev–Trinajstić information content (AvgIpc) is 2.85. The number of aryl methyl sites for hydroxylation is 2. The Morgan fingerprint density at radius 1 is 0.757 bits per heavy atom. The Morgan fingerprint density at radius 3 is 1.84 bits per heavy atom. The second kappa shape index (κ2) is 16.4. The normalized spacial score (nSPS) is 10.6.